The summed E-state index contributed by atoms with van der Waals surface area (Å²) in [6, 6.07) is 20.8. The Morgan fingerprint density at radius 2 is 1.67 bits per heavy atom. The van der Waals surface area contributed by atoms with E-state index >= 15 is 0 Å². The number of benzene rings is 2. The van der Waals surface area contributed by atoms with Gasteiger partial charge in [-0.25, -0.2) is 0 Å². The highest BCUT2D eigenvalue weighted by atomic mass is 16.5. The lowest BCUT2D eigenvalue weighted by molar-refractivity contribution is 0.102. The summed E-state index contributed by atoms with van der Waals surface area (Å²) >= 11 is 0. The van der Waals surface area contributed by atoms with Gasteiger partial charge in [-0.1, -0.05) is 30.3 Å². The Labute approximate surface area is 141 Å². The predicted molar refractivity (Wildman–Crippen MR) is 95.4 cm³/mol. The minimum absolute atomic E-state index is 0.176. The van der Waals surface area contributed by atoms with Gasteiger partial charge in [-0.2, -0.15) is 0 Å². The van der Waals surface area contributed by atoms with Crippen LogP contribution in [0.15, 0.2) is 66.7 Å². The SMILES string of the molecule is COc1ccc(NC(=O)c2ccc(-c3ccccc3)nc2C)cc1. The standard InChI is InChI=1S/C20H18N2O2/c1-14-18(12-13-19(21-14)15-6-4-3-5-7-15)20(23)22-16-8-10-17(24-2)11-9-16/h3-13H,1-2H3,(H,22,23). The highest BCUT2D eigenvalue weighted by molar-refractivity contribution is 6.05. The second kappa shape index (κ2) is 6.96. The highest BCUT2D eigenvalue weighted by Gasteiger charge is 2.11. The van der Waals surface area contributed by atoms with E-state index in [-0.39, 0.29) is 5.91 Å². The minimum Gasteiger partial charge on any atom is -0.497 e. The molecule has 1 amide bonds. The van der Waals surface area contributed by atoms with E-state index in [0.717, 1.165) is 17.0 Å². The molecule has 3 aromatic rings. The van der Waals surface area contributed by atoms with Gasteiger partial charge in [0.05, 0.1) is 24.1 Å². The molecule has 120 valence electrons. The summed E-state index contributed by atoms with van der Waals surface area (Å²) in [4.78, 5) is 17.0. The molecule has 0 aliphatic rings. The summed E-state index contributed by atoms with van der Waals surface area (Å²) in [5.41, 5.74) is 3.86. The zero-order chi connectivity index (χ0) is 16.9. The molecule has 24 heavy (non-hydrogen) atoms. The molecule has 0 aliphatic carbocycles. The van der Waals surface area contributed by atoms with Crippen LogP contribution in [0.25, 0.3) is 11.3 Å². The molecular weight excluding hydrogens is 300 g/mol. The highest BCUT2D eigenvalue weighted by Crippen LogP contribution is 2.20. The number of pyridine rings is 1. The summed E-state index contributed by atoms with van der Waals surface area (Å²) in [6.45, 7) is 1.84. The average Bonchev–Trinajstić information content (AvgIpc) is 2.63. The minimum atomic E-state index is -0.176. The molecule has 0 fully saturated rings. The number of aryl methyl sites for hydroxylation is 1. The van der Waals surface area contributed by atoms with Crippen molar-refractivity contribution in [2.75, 3.05) is 12.4 Å². The third-order valence-electron chi connectivity index (χ3n) is 3.75. The van der Waals surface area contributed by atoms with Crippen LogP contribution in [0.1, 0.15) is 16.1 Å². The van der Waals surface area contributed by atoms with Crippen molar-refractivity contribution in [2.45, 2.75) is 6.92 Å². The van der Waals surface area contributed by atoms with Gasteiger partial charge in [0.1, 0.15) is 5.75 Å². The van der Waals surface area contributed by atoms with Gasteiger partial charge in [-0.3, -0.25) is 9.78 Å². The molecule has 3 rings (SSSR count). The van der Waals surface area contributed by atoms with Crippen LogP contribution in [0.3, 0.4) is 0 Å². The first-order valence-corrected chi connectivity index (χ1v) is 7.66. The van der Waals surface area contributed by atoms with Crippen molar-refractivity contribution in [1.29, 1.82) is 0 Å². The van der Waals surface area contributed by atoms with Crippen molar-refractivity contribution in [3.63, 3.8) is 0 Å². The molecule has 4 nitrogen and oxygen atoms in total. The van der Waals surface area contributed by atoms with Crippen LogP contribution < -0.4 is 10.1 Å². The van der Waals surface area contributed by atoms with Gasteiger partial charge < -0.3 is 10.1 Å². The number of aromatic nitrogens is 1. The van der Waals surface area contributed by atoms with E-state index in [1.807, 2.05) is 49.4 Å². The first kappa shape index (κ1) is 15.7. The Bertz CT molecular complexity index is 843. The maximum absolute atomic E-state index is 12.5. The topological polar surface area (TPSA) is 51.2 Å². The third-order valence-corrected chi connectivity index (χ3v) is 3.75. The molecule has 0 radical (unpaired) electrons. The molecule has 0 bridgehead atoms. The zero-order valence-corrected chi connectivity index (χ0v) is 13.6. The maximum atomic E-state index is 12.5. The molecular formula is C20H18N2O2. The van der Waals surface area contributed by atoms with Gasteiger partial charge in [0.2, 0.25) is 0 Å². The smallest absolute Gasteiger partial charge is 0.257 e. The average molecular weight is 318 g/mol. The van der Waals surface area contributed by atoms with Crippen molar-refractivity contribution < 1.29 is 9.53 Å². The summed E-state index contributed by atoms with van der Waals surface area (Å²) in [6.07, 6.45) is 0. The molecule has 4 heteroatoms. The molecule has 0 aliphatic heterocycles. The van der Waals surface area contributed by atoms with Crippen molar-refractivity contribution in [2.24, 2.45) is 0 Å². The lowest BCUT2D eigenvalue weighted by atomic mass is 10.1. The summed E-state index contributed by atoms with van der Waals surface area (Å²) < 4.78 is 5.11. The lowest BCUT2D eigenvalue weighted by Crippen LogP contribution is -2.14. The number of hydrogen-bond acceptors (Lipinski definition) is 3. The molecule has 1 aromatic heterocycles. The number of anilines is 1. The summed E-state index contributed by atoms with van der Waals surface area (Å²) in [5.74, 6) is 0.572. The maximum Gasteiger partial charge on any atom is 0.257 e. The molecule has 1 heterocycles. The number of hydrogen-bond donors (Lipinski definition) is 1. The van der Waals surface area contributed by atoms with Crippen molar-refractivity contribution >= 4 is 11.6 Å². The van der Waals surface area contributed by atoms with E-state index in [4.69, 9.17) is 4.74 Å². The van der Waals surface area contributed by atoms with Gasteiger partial charge in [0, 0.05) is 11.3 Å². The Morgan fingerprint density at radius 1 is 0.958 bits per heavy atom. The molecule has 0 saturated carbocycles. The molecule has 2 aromatic carbocycles. The molecule has 0 saturated heterocycles. The number of rotatable bonds is 4. The zero-order valence-electron chi connectivity index (χ0n) is 13.6. The number of nitrogens with one attached hydrogen (secondary N) is 1. The van der Waals surface area contributed by atoms with Gasteiger partial charge >= 0.3 is 0 Å². The summed E-state index contributed by atoms with van der Waals surface area (Å²) in [7, 11) is 1.61. The first-order valence-electron chi connectivity index (χ1n) is 7.66. The number of nitrogens with zero attached hydrogens (tertiary/aromatic N) is 1. The molecule has 0 spiro atoms. The van der Waals surface area contributed by atoms with Crippen LogP contribution in [0.2, 0.25) is 0 Å². The van der Waals surface area contributed by atoms with Gasteiger partial charge in [-0.05, 0) is 43.3 Å². The molecule has 1 N–H and O–H groups in total. The van der Waals surface area contributed by atoms with Crippen LogP contribution in [0.5, 0.6) is 5.75 Å². The number of carbonyl (C=O) groups is 1. The van der Waals surface area contributed by atoms with Crippen LogP contribution >= 0.6 is 0 Å². The van der Waals surface area contributed by atoms with Gasteiger partial charge in [0.25, 0.3) is 5.91 Å². The fourth-order valence-electron chi connectivity index (χ4n) is 2.44. The lowest BCUT2D eigenvalue weighted by Gasteiger charge is -2.09. The van der Waals surface area contributed by atoms with E-state index in [1.54, 1.807) is 31.4 Å². The fourth-order valence-corrected chi connectivity index (χ4v) is 2.44. The van der Waals surface area contributed by atoms with E-state index in [0.29, 0.717) is 16.9 Å². The second-order valence-electron chi connectivity index (χ2n) is 5.38. The van der Waals surface area contributed by atoms with Gasteiger partial charge in [-0.15, -0.1) is 0 Å². The van der Waals surface area contributed by atoms with Crippen LogP contribution in [-0.4, -0.2) is 18.0 Å². The van der Waals surface area contributed by atoms with Crippen molar-refractivity contribution in [3.05, 3.63) is 78.0 Å². The van der Waals surface area contributed by atoms with Crippen molar-refractivity contribution in [3.8, 4) is 17.0 Å². The number of methoxy groups -OCH3 is 1. The number of ether oxygens (including phenoxy) is 1. The van der Waals surface area contributed by atoms with E-state index in [2.05, 4.69) is 10.3 Å². The second-order valence-corrected chi connectivity index (χ2v) is 5.38. The van der Waals surface area contributed by atoms with Crippen LogP contribution in [0, 0.1) is 6.92 Å². The largest absolute Gasteiger partial charge is 0.497 e. The van der Waals surface area contributed by atoms with E-state index < -0.39 is 0 Å². The Morgan fingerprint density at radius 3 is 2.29 bits per heavy atom. The normalized spacial score (nSPS) is 10.2. The van der Waals surface area contributed by atoms with Crippen molar-refractivity contribution in [1.82, 2.24) is 4.98 Å². The van der Waals surface area contributed by atoms with Gasteiger partial charge in [0.15, 0.2) is 0 Å². The first-order chi connectivity index (χ1) is 11.7. The molecule has 0 unspecified atom stereocenters. The summed E-state index contributed by atoms with van der Waals surface area (Å²) in [5, 5.41) is 2.88. The van der Waals surface area contributed by atoms with E-state index in [1.165, 1.54) is 0 Å². The monoisotopic (exact) mass is 318 g/mol. The number of carbonyl (C=O) groups excluding carboxylic acids is 1. The van der Waals surface area contributed by atoms with Crippen LogP contribution in [0.4, 0.5) is 5.69 Å². The van der Waals surface area contributed by atoms with Crippen LogP contribution in [-0.2, 0) is 0 Å². The predicted octanol–water partition coefficient (Wildman–Crippen LogP) is 4.32. The Balaban J connectivity index is 1.80. The Hall–Kier alpha value is -3.14. The fraction of sp³-hybridized carbons (Fsp3) is 0.100. The van der Waals surface area contributed by atoms with E-state index in [9.17, 15) is 4.79 Å². The third kappa shape index (κ3) is 3.43. The number of amides is 1. The quantitative estimate of drug-likeness (QED) is 0.779. The Kier molecular flexibility index (Phi) is 4.57. The molecule has 0 atom stereocenters.